The number of imidazole rings is 4. The van der Waals surface area contributed by atoms with Gasteiger partial charge in [0.2, 0.25) is 0 Å². The lowest BCUT2D eigenvalue weighted by Crippen LogP contribution is -2.34. The van der Waals surface area contributed by atoms with Crippen molar-refractivity contribution in [3.05, 3.63) is 72.9 Å². The van der Waals surface area contributed by atoms with E-state index in [-0.39, 0.29) is 6.04 Å². The van der Waals surface area contributed by atoms with E-state index in [0.717, 1.165) is 23.3 Å². The molecule has 0 bridgehead atoms. The fourth-order valence-electron chi connectivity index (χ4n) is 3.42. The number of nitrogens with zero attached hydrogens (tertiary/aromatic N) is 9. The predicted octanol–water partition coefficient (Wildman–Crippen LogP) is 1.41. The van der Waals surface area contributed by atoms with Crippen molar-refractivity contribution in [2.24, 2.45) is 28.2 Å². The molecule has 0 fully saturated rings. The molecule has 0 radical (unpaired) electrons. The molecule has 4 heterocycles. The third-order valence-corrected chi connectivity index (χ3v) is 5.10. The van der Waals surface area contributed by atoms with Crippen molar-refractivity contribution < 1.29 is 0 Å². The summed E-state index contributed by atoms with van der Waals surface area (Å²) in [7, 11) is 8.05. The van der Waals surface area contributed by atoms with Gasteiger partial charge in [-0.1, -0.05) is 0 Å². The Morgan fingerprint density at radius 1 is 0.643 bits per heavy atom. The highest BCUT2D eigenvalue weighted by molar-refractivity contribution is 5.15. The largest absolute Gasteiger partial charge is 0.337 e. The van der Waals surface area contributed by atoms with Crippen molar-refractivity contribution in [2.75, 3.05) is 0 Å². The molecule has 0 aliphatic carbocycles. The zero-order chi connectivity index (χ0) is 19.7. The molecule has 0 aliphatic rings. The molecule has 0 spiro atoms. The lowest BCUT2D eigenvalue weighted by Gasteiger charge is -2.30. The summed E-state index contributed by atoms with van der Waals surface area (Å²) < 4.78 is 8.17. The number of rotatable bonds is 7. The van der Waals surface area contributed by atoms with Crippen LogP contribution in [-0.4, -0.2) is 43.1 Å². The van der Waals surface area contributed by atoms with E-state index in [0.29, 0.717) is 13.1 Å². The minimum Gasteiger partial charge on any atom is -0.337 e. The Labute approximate surface area is 163 Å². The van der Waals surface area contributed by atoms with E-state index in [1.165, 1.54) is 0 Å². The van der Waals surface area contributed by atoms with Crippen LogP contribution in [0.25, 0.3) is 0 Å². The minimum absolute atomic E-state index is 0.145. The molecule has 146 valence electrons. The van der Waals surface area contributed by atoms with Crippen LogP contribution in [0.15, 0.2) is 49.6 Å². The van der Waals surface area contributed by atoms with Gasteiger partial charge in [0.25, 0.3) is 0 Å². The molecule has 4 rings (SSSR count). The van der Waals surface area contributed by atoms with Crippen LogP contribution in [0.2, 0.25) is 0 Å². The van der Waals surface area contributed by atoms with Crippen LogP contribution in [0.1, 0.15) is 29.3 Å². The summed E-state index contributed by atoms with van der Waals surface area (Å²) in [6.45, 7) is 1.28. The van der Waals surface area contributed by atoms with Crippen molar-refractivity contribution in [1.29, 1.82) is 0 Å². The summed E-state index contributed by atoms with van der Waals surface area (Å²) in [5, 5.41) is 0. The van der Waals surface area contributed by atoms with Gasteiger partial charge in [-0.15, -0.1) is 0 Å². The highest BCUT2D eigenvalue weighted by Crippen LogP contribution is 2.28. The Hall–Kier alpha value is -3.20. The molecule has 0 atom stereocenters. The number of hydrogen-bond donors (Lipinski definition) is 0. The Morgan fingerprint density at radius 2 is 1.04 bits per heavy atom. The maximum Gasteiger partial charge on any atom is 0.133 e. The van der Waals surface area contributed by atoms with Crippen LogP contribution in [0, 0.1) is 0 Å². The first-order chi connectivity index (χ1) is 13.5. The van der Waals surface area contributed by atoms with Gasteiger partial charge >= 0.3 is 0 Å². The highest BCUT2D eigenvalue weighted by Gasteiger charge is 2.31. The summed E-state index contributed by atoms with van der Waals surface area (Å²) in [5.41, 5.74) is 0. The van der Waals surface area contributed by atoms with E-state index in [2.05, 4.69) is 24.8 Å². The zero-order valence-corrected chi connectivity index (χ0v) is 16.6. The molecule has 9 nitrogen and oxygen atoms in total. The van der Waals surface area contributed by atoms with Crippen LogP contribution in [-0.2, 0) is 41.3 Å². The molecule has 4 aromatic rings. The molecule has 4 aromatic heterocycles. The molecule has 0 unspecified atom stereocenters. The second-order valence-electron chi connectivity index (χ2n) is 7.01. The Morgan fingerprint density at radius 3 is 1.36 bits per heavy atom. The quantitative estimate of drug-likeness (QED) is 0.485. The predicted molar refractivity (Wildman–Crippen MR) is 104 cm³/mol. The average molecular weight is 379 g/mol. The molecule has 28 heavy (non-hydrogen) atoms. The van der Waals surface area contributed by atoms with E-state index in [1.54, 1.807) is 0 Å². The first-order valence-electron chi connectivity index (χ1n) is 9.15. The van der Waals surface area contributed by atoms with Gasteiger partial charge in [-0.3, -0.25) is 4.90 Å². The fourth-order valence-corrected chi connectivity index (χ4v) is 3.42. The van der Waals surface area contributed by atoms with Crippen molar-refractivity contribution in [3.8, 4) is 0 Å². The van der Waals surface area contributed by atoms with E-state index >= 15 is 0 Å². The van der Waals surface area contributed by atoms with Crippen molar-refractivity contribution >= 4 is 0 Å². The van der Waals surface area contributed by atoms with Crippen molar-refractivity contribution in [2.45, 2.75) is 19.1 Å². The van der Waals surface area contributed by atoms with Gasteiger partial charge in [0, 0.05) is 77.8 Å². The van der Waals surface area contributed by atoms with E-state index in [4.69, 9.17) is 0 Å². The molecule has 0 aromatic carbocycles. The smallest absolute Gasteiger partial charge is 0.133 e. The molecular weight excluding hydrogens is 354 g/mol. The minimum atomic E-state index is -0.145. The topological polar surface area (TPSA) is 74.5 Å². The van der Waals surface area contributed by atoms with Crippen molar-refractivity contribution in [3.63, 3.8) is 0 Å². The van der Waals surface area contributed by atoms with Crippen LogP contribution in [0.5, 0.6) is 0 Å². The summed E-state index contributed by atoms with van der Waals surface area (Å²) >= 11 is 0. The van der Waals surface area contributed by atoms with E-state index < -0.39 is 0 Å². The maximum absolute atomic E-state index is 4.65. The Kier molecular flexibility index (Phi) is 4.82. The number of hydrogen-bond acceptors (Lipinski definition) is 5. The molecular formula is C19H25N9. The van der Waals surface area contributed by atoms with Crippen LogP contribution < -0.4 is 0 Å². The molecule has 0 aliphatic heterocycles. The molecule has 0 amide bonds. The molecule has 0 N–H and O–H groups in total. The lowest BCUT2D eigenvalue weighted by molar-refractivity contribution is 0.175. The summed E-state index contributed by atoms with van der Waals surface area (Å²) in [6.07, 6.45) is 15.2. The van der Waals surface area contributed by atoms with E-state index in [9.17, 15) is 0 Å². The lowest BCUT2D eigenvalue weighted by atomic mass is 10.2. The van der Waals surface area contributed by atoms with Gasteiger partial charge in [-0.2, -0.15) is 0 Å². The van der Waals surface area contributed by atoms with E-state index in [1.807, 2.05) is 96.0 Å². The summed E-state index contributed by atoms with van der Waals surface area (Å²) in [6, 6.07) is -0.145. The van der Waals surface area contributed by atoms with Crippen LogP contribution in [0.3, 0.4) is 0 Å². The number of aryl methyl sites for hydroxylation is 4. The molecule has 9 heteroatoms. The van der Waals surface area contributed by atoms with Gasteiger partial charge < -0.3 is 18.3 Å². The normalized spacial score (nSPS) is 11.8. The third-order valence-electron chi connectivity index (χ3n) is 5.10. The van der Waals surface area contributed by atoms with Gasteiger partial charge in [0.05, 0.1) is 13.1 Å². The molecule has 0 saturated carbocycles. The Bertz CT molecular complexity index is 969. The maximum atomic E-state index is 4.65. The fraction of sp³-hybridized carbons (Fsp3) is 0.368. The first kappa shape index (κ1) is 18.2. The second-order valence-corrected chi connectivity index (χ2v) is 7.01. The Balaban J connectivity index is 1.80. The van der Waals surface area contributed by atoms with Gasteiger partial charge in [0.15, 0.2) is 0 Å². The third kappa shape index (κ3) is 3.36. The van der Waals surface area contributed by atoms with Crippen LogP contribution in [0.4, 0.5) is 0 Å². The highest BCUT2D eigenvalue weighted by atomic mass is 15.3. The average Bonchev–Trinajstić information content (AvgIpc) is 3.44. The second kappa shape index (κ2) is 7.43. The van der Waals surface area contributed by atoms with Gasteiger partial charge in [-0.25, -0.2) is 19.9 Å². The standard InChI is InChI=1S/C19H25N9/c1-24-9-5-20-15(24)13-28(14-16-21-6-10-25(16)2)17(18-22-7-11-26(18)3)19-23-8-12-27(19)4/h5-12,17H,13-14H2,1-4H3. The van der Waals surface area contributed by atoms with Crippen molar-refractivity contribution in [1.82, 2.24) is 43.1 Å². The molecule has 0 saturated heterocycles. The van der Waals surface area contributed by atoms with Gasteiger partial charge in [-0.05, 0) is 0 Å². The summed E-state index contributed by atoms with van der Waals surface area (Å²) in [4.78, 5) is 20.7. The SMILES string of the molecule is Cn1ccnc1CN(Cc1nccn1C)C(c1nccn1C)c1nccn1C. The zero-order valence-electron chi connectivity index (χ0n) is 16.6. The summed E-state index contributed by atoms with van der Waals surface area (Å²) in [5.74, 6) is 3.81. The monoisotopic (exact) mass is 379 g/mol. The van der Waals surface area contributed by atoms with Crippen LogP contribution >= 0.6 is 0 Å². The number of aromatic nitrogens is 8. The first-order valence-corrected chi connectivity index (χ1v) is 9.15. The van der Waals surface area contributed by atoms with Gasteiger partial charge in [0.1, 0.15) is 29.3 Å².